The van der Waals surface area contributed by atoms with Crippen LogP contribution in [0, 0.1) is 5.82 Å². The highest BCUT2D eigenvalue weighted by Crippen LogP contribution is 2.22. The Morgan fingerprint density at radius 2 is 1.85 bits per heavy atom. The normalized spacial score (nSPS) is 13.5. The van der Waals surface area contributed by atoms with Gasteiger partial charge in [-0.25, -0.2) is 4.39 Å². The summed E-state index contributed by atoms with van der Waals surface area (Å²) in [5.74, 6) is 0.327. The first kappa shape index (κ1) is 21.9. The minimum Gasteiger partial charge on any atom is -0.591 e. The van der Waals surface area contributed by atoms with E-state index in [1.807, 2.05) is 45.0 Å². The zero-order chi connectivity index (χ0) is 20.0. The van der Waals surface area contributed by atoms with Gasteiger partial charge in [-0.2, -0.15) is 0 Å². The molecule has 0 aliphatic carbocycles. The number of benzene rings is 2. The number of methoxy groups -OCH3 is 1. The summed E-state index contributed by atoms with van der Waals surface area (Å²) in [6, 6.07) is 12.0. The molecule has 0 heterocycles. The van der Waals surface area contributed by atoms with Gasteiger partial charge in [-0.1, -0.05) is 32.5 Å². The second kappa shape index (κ2) is 9.68. The summed E-state index contributed by atoms with van der Waals surface area (Å²) in [5.41, 5.74) is 1.54. The molecule has 4 nitrogen and oxygen atoms in total. The van der Waals surface area contributed by atoms with Gasteiger partial charge in [-0.05, 0) is 56.7 Å². The molecule has 0 aliphatic heterocycles. The predicted octanol–water partition coefficient (Wildman–Crippen LogP) is 5.06. The maximum Gasteiger partial charge on any atom is 0.144 e. The second-order valence-corrected chi connectivity index (χ2v) is 9.69. The zero-order valence-corrected chi connectivity index (χ0v) is 18.2. The van der Waals surface area contributed by atoms with E-state index in [1.54, 1.807) is 19.2 Å². The molecule has 2 rings (SSSR count). The highest BCUT2D eigenvalue weighted by atomic mass is 79.9. The molecule has 1 unspecified atom stereocenters. The van der Waals surface area contributed by atoms with E-state index in [4.69, 9.17) is 9.47 Å². The van der Waals surface area contributed by atoms with E-state index < -0.39 is 21.9 Å². The third-order valence-electron chi connectivity index (χ3n) is 3.62. The molecule has 0 fully saturated rings. The summed E-state index contributed by atoms with van der Waals surface area (Å²) in [4.78, 5) is 0. The van der Waals surface area contributed by atoms with Gasteiger partial charge in [0, 0.05) is 10.0 Å². The fraction of sp³-hybridized carbons (Fsp3) is 0.350. The molecule has 0 bridgehead atoms. The minimum atomic E-state index is -1.53. The molecule has 0 radical (unpaired) electrons. The van der Waals surface area contributed by atoms with Gasteiger partial charge in [-0.3, -0.25) is 0 Å². The molecule has 146 valence electrons. The van der Waals surface area contributed by atoms with Crippen molar-refractivity contribution in [3.05, 3.63) is 63.9 Å². The molecule has 0 aliphatic rings. The van der Waals surface area contributed by atoms with Gasteiger partial charge in [0.25, 0.3) is 0 Å². The van der Waals surface area contributed by atoms with Crippen molar-refractivity contribution in [3.63, 3.8) is 0 Å². The van der Waals surface area contributed by atoms with Gasteiger partial charge in [0.2, 0.25) is 0 Å². The molecule has 7 heteroatoms. The van der Waals surface area contributed by atoms with Crippen molar-refractivity contribution in [1.29, 1.82) is 0 Å². The molecule has 27 heavy (non-hydrogen) atoms. The van der Waals surface area contributed by atoms with Crippen molar-refractivity contribution < 1.29 is 18.4 Å². The van der Waals surface area contributed by atoms with Crippen LogP contribution in [0.25, 0.3) is 0 Å². The standard InChI is InChI=1S/C20H23BrFNO3S/c1-20(2,3)27(24)23-19(17-11-15(21)7-10-18(17)22)13-26-12-14-5-8-16(25-4)9-6-14/h5-11H,12-13H2,1-4H3/b23-19+. The highest BCUT2D eigenvalue weighted by Gasteiger charge is 2.28. The summed E-state index contributed by atoms with van der Waals surface area (Å²) in [6.07, 6.45) is 0. The second-order valence-electron chi connectivity index (χ2n) is 6.86. The number of hydrogen-bond acceptors (Lipinski definition) is 4. The van der Waals surface area contributed by atoms with E-state index in [2.05, 4.69) is 20.3 Å². The molecular weight excluding hydrogens is 433 g/mol. The molecule has 2 aromatic carbocycles. The minimum absolute atomic E-state index is 0.0429. The van der Waals surface area contributed by atoms with E-state index in [9.17, 15) is 8.94 Å². The molecular formula is C20H23BrFNO3S. The zero-order valence-electron chi connectivity index (χ0n) is 15.8. The van der Waals surface area contributed by atoms with Crippen LogP contribution in [0.3, 0.4) is 0 Å². The van der Waals surface area contributed by atoms with Crippen LogP contribution in [0.5, 0.6) is 5.75 Å². The van der Waals surface area contributed by atoms with Crippen molar-refractivity contribution in [1.82, 2.24) is 0 Å². The third-order valence-corrected chi connectivity index (χ3v) is 5.55. The Bertz CT molecular complexity index is 791. The highest BCUT2D eigenvalue weighted by molar-refractivity contribution is 9.10. The van der Waals surface area contributed by atoms with Crippen molar-refractivity contribution in [3.8, 4) is 5.75 Å². The molecule has 1 atom stereocenters. The first-order valence-corrected chi connectivity index (χ1v) is 10.3. The summed E-state index contributed by atoms with van der Waals surface area (Å²) in [7, 11) is 1.61. The predicted molar refractivity (Wildman–Crippen MR) is 111 cm³/mol. The molecule has 0 saturated heterocycles. The van der Waals surface area contributed by atoms with E-state index in [0.29, 0.717) is 16.8 Å². The van der Waals surface area contributed by atoms with Gasteiger partial charge >= 0.3 is 0 Å². The molecule has 0 spiro atoms. The lowest BCUT2D eigenvalue weighted by atomic mass is 10.1. The molecule has 2 aromatic rings. The lowest BCUT2D eigenvalue weighted by Gasteiger charge is -2.19. The van der Waals surface area contributed by atoms with Crippen molar-refractivity contribution in [2.45, 2.75) is 32.1 Å². The number of hydrogen-bond donors (Lipinski definition) is 0. The molecule has 0 N–H and O–H groups in total. The Labute approximate surface area is 171 Å². The lowest BCUT2D eigenvalue weighted by Crippen LogP contribution is -2.28. The number of ether oxygens (including phenoxy) is 2. The van der Waals surface area contributed by atoms with Crippen LogP contribution in [0.2, 0.25) is 0 Å². The van der Waals surface area contributed by atoms with Gasteiger partial charge in [0.1, 0.15) is 33.4 Å². The van der Waals surface area contributed by atoms with Crippen LogP contribution < -0.4 is 4.74 Å². The molecule has 0 saturated carbocycles. The fourth-order valence-corrected chi connectivity index (χ4v) is 3.08. The van der Waals surface area contributed by atoms with E-state index in [1.165, 1.54) is 6.07 Å². The van der Waals surface area contributed by atoms with Crippen LogP contribution in [-0.2, 0) is 22.7 Å². The maximum atomic E-state index is 14.3. The maximum absolute atomic E-state index is 14.3. The van der Waals surface area contributed by atoms with Gasteiger partial charge in [-0.15, -0.1) is 0 Å². The summed E-state index contributed by atoms with van der Waals surface area (Å²) in [5, 5.41) is 0. The third kappa shape index (κ3) is 6.60. The van der Waals surface area contributed by atoms with Crippen LogP contribution in [-0.4, -0.2) is 28.7 Å². The van der Waals surface area contributed by atoms with Crippen LogP contribution >= 0.6 is 15.9 Å². The summed E-state index contributed by atoms with van der Waals surface area (Å²) >= 11 is 1.81. The molecule has 0 aromatic heterocycles. The Morgan fingerprint density at radius 3 is 2.44 bits per heavy atom. The largest absolute Gasteiger partial charge is 0.591 e. The van der Waals surface area contributed by atoms with E-state index in [0.717, 1.165) is 11.3 Å². The number of halogens is 2. The Kier molecular flexibility index (Phi) is 7.85. The SMILES string of the molecule is COc1ccc(COC/C(=N\[S+]([O-])C(C)(C)C)c2cc(Br)ccc2F)cc1. The molecule has 0 amide bonds. The average molecular weight is 456 g/mol. The fourth-order valence-electron chi connectivity index (χ4n) is 2.10. The van der Waals surface area contributed by atoms with Crippen LogP contribution in [0.1, 0.15) is 31.9 Å². The number of nitrogens with zero attached hydrogens (tertiary/aromatic N) is 1. The number of rotatable bonds is 7. The Morgan fingerprint density at radius 1 is 1.19 bits per heavy atom. The average Bonchev–Trinajstić information content (AvgIpc) is 2.62. The van der Waals surface area contributed by atoms with Crippen LogP contribution in [0.15, 0.2) is 51.3 Å². The van der Waals surface area contributed by atoms with Gasteiger partial charge < -0.3 is 14.0 Å². The first-order valence-electron chi connectivity index (χ1n) is 8.36. The summed E-state index contributed by atoms with van der Waals surface area (Å²) < 4.78 is 42.1. The summed E-state index contributed by atoms with van der Waals surface area (Å²) in [6.45, 7) is 5.82. The Balaban J connectivity index is 2.19. The van der Waals surface area contributed by atoms with E-state index in [-0.39, 0.29) is 12.2 Å². The van der Waals surface area contributed by atoms with Crippen molar-refractivity contribution in [2.24, 2.45) is 4.40 Å². The van der Waals surface area contributed by atoms with Crippen molar-refractivity contribution in [2.75, 3.05) is 13.7 Å². The van der Waals surface area contributed by atoms with E-state index >= 15 is 0 Å². The van der Waals surface area contributed by atoms with Gasteiger partial charge in [0.15, 0.2) is 0 Å². The smallest absolute Gasteiger partial charge is 0.144 e. The monoisotopic (exact) mass is 455 g/mol. The Hall–Kier alpha value is -1.41. The van der Waals surface area contributed by atoms with Gasteiger partial charge in [0.05, 0.1) is 20.3 Å². The van der Waals surface area contributed by atoms with Crippen molar-refractivity contribution >= 4 is 33.0 Å². The topological polar surface area (TPSA) is 53.9 Å². The van der Waals surface area contributed by atoms with Crippen LogP contribution in [0.4, 0.5) is 4.39 Å². The quantitative estimate of drug-likeness (QED) is 0.432. The first-order chi connectivity index (χ1) is 12.7. The lowest BCUT2D eigenvalue weighted by molar-refractivity contribution is 0.158.